The summed E-state index contributed by atoms with van der Waals surface area (Å²) in [5.41, 5.74) is 0.198. The molecule has 12 nitrogen and oxygen atoms in total. The maximum absolute atomic E-state index is 13.7. The van der Waals surface area contributed by atoms with Crippen LogP contribution in [0.3, 0.4) is 0 Å². The number of aromatic nitrogens is 1. The average Bonchev–Trinajstić information content (AvgIpc) is 3.61. The molecule has 0 aliphatic carbocycles. The number of ketones is 1. The molecule has 2 aliphatic heterocycles. The highest BCUT2D eigenvalue weighted by Crippen LogP contribution is 2.29. The van der Waals surface area contributed by atoms with Gasteiger partial charge in [0.1, 0.15) is 17.7 Å². The third-order valence-corrected chi connectivity index (χ3v) is 8.11. The van der Waals surface area contributed by atoms with Gasteiger partial charge in [-0.2, -0.15) is 0 Å². The van der Waals surface area contributed by atoms with E-state index in [1.54, 1.807) is 13.0 Å². The molecule has 0 bridgehead atoms. The van der Waals surface area contributed by atoms with Crippen LogP contribution in [0.25, 0.3) is 0 Å². The van der Waals surface area contributed by atoms with Crippen LogP contribution < -0.4 is 16.0 Å². The molecular weight excluding hydrogens is 578 g/mol. The normalized spacial score (nSPS) is 20.2. The number of carbonyl (C=O) groups excluding carboxylic acids is 4. The minimum Gasteiger partial charge on any atom is -0.379 e. The number of amides is 3. The zero-order chi connectivity index (χ0) is 32.4. The Bertz CT molecular complexity index is 1290. The molecule has 0 unspecified atom stereocenters. The number of aryl methyl sites for hydroxylation is 1. The van der Waals surface area contributed by atoms with Crippen LogP contribution in [0.2, 0.25) is 0 Å². The minimum absolute atomic E-state index is 0.0736. The van der Waals surface area contributed by atoms with E-state index in [4.69, 9.17) is 14.0 Å². The maximum Gasteiger partial charge on any atom is 0.274 e. The Labute approximate surface area is 264 Å². The number of ether oxygens (including phenoxy) is 2. The number of Topliss-reactive ketones (excluding diaryl/α,β-unsaturated/α-hetero) is 1. The third-order valence-electron chi connectivity index (χ3n) is 8.11. The van der Waals surface area contributed by atoms with Crippen molar-refractivity contribution in [1.29, 1.82) is 0 Å². The number of hydrogen-bond donors (Lipinski definition) is 3. The van der Waals surface area contributed by atoms with Gasteiger partial charge in [-0.3, -0.25) is 24.1 Å². The SMILES string of the molecule is CCC[C@H](NC(=O)[C@H](CCc1ccccc1)NC(=O)c1cc(CN2CCOCC2)on1)C(=O)N[C@@H](CC(C)C)C(=O)[C@@]1(C)CO1. The number of hydrogen-bond acceptors (Lipinski definition) is 9. The molecule has 0 saturated carbocycles. The van der Waals surface area contributed by atoms with E-state index in [0.717, 1.165) is 18.7 Å². The predicted molar refractivity (Wildman–Crippen MR) is 166 cm³/mol. The van der Waals surface area contributed by atoms with Gasteiger partial charge in [0, 0.05) is 19.2 Å². The zero-order valence-electron chi connectivity index (χ0n) is 26.8. The number of epoxide rings is 1. The van der Waals surface area contributed by atoms with Crippen molar-refractivity contribution in [2.24, 2.45) is 5.92 Å². The highest BCUT2D eigenvalue weighted by molar-refractivity contribution is 5.99. The van der Waals surface area contributed by atoms with Gasteiger partial charge in [0.05, 0.1) is 32.4 Å². The second-order valence-electron chi connectivity index (χ2n) is 12.5. The molecule has 0 radical (unpaired) electrons. The molecule has 3 N–H and O–H groups in total. The van der Waals surface area contributed by atoms with Crippen LogP contribution in [-0.4, -0.2) is 90.2 Å². The molecule has 2 aromatic rings. The van der Waals surface area contributed by atoms with Gasteiger partial charge in [-0.05, 0) is 44.1 Å². The van der Waals surface area contributed by atoms with E-state index in [-0.39, 0.29) is 17.4 Å². The summed E-state index contributed by atoms with van der Waals surface area (Å²) in [5.74, 6) is -0.941. The largest absolute Gasteiger partial charge is 0.379 e. The van der Waals surface area contributed by atoms with Crippen LogP contribution in [0.1, 0.15) is 75.2 Å². The first-order chi connectivity index (χ1) is 21.6. The van der Waals surface area contributed by atoms with Crippen molar-refractivity contribution in [3.05, 3.63) is 53.4 Å². The van der Waals surface area contributed by atoms with Gasteiger partial charge in [-0.25, -0.2) is 0 Å². The highest BCUT2D eigenvalue weighted by Gasteiger charge is 2.50. The molecule has 12 heteroatoms. The summed E-state index contributed by atoms with van der Waals surface area (Å²) in [5, 5.41) is 12.5. The molecule has 2 saturated heterocycles. The number of nitrogens with one attached hydrogen (secondary N) is 3. The molecule has 2 aliphatic rings. The fourth-order valence-corrected chi connectivity index (χ4v) is 5.35. The van der Waals surface area contributed by atoms with Crippen LogP contribution in [0.5, 0.6) is 0 Å². The van der Waals surface area contributed by atoms with Gasteiger partial charge in [0.25, 0.3) is 5.91 Å². The second-order valence-corrected chi connectivity index (χ2v) is 12.5. The maximum atomic E-state index is 13.7. The second kappa shape index (κ2) is 16.1. The van der Waals surface area contributed by atoms with Crippen LogP contribution in [0.4, 0.5) is 0 Å². The standard InChI is InChI=1S/C33H47N5O7/c1-5-9-25(30(40)36-27(18-22(2)3)29(39)33(4)21-44-33)34-31(41)26(13-12-23-10-7-6-8-11-23)35-32(42)28-19-24(45-37-28)20-38-14-16-43-17-15-38/h6-8,10-11,19,22,25-27H,5,9,12-18,20-21H2,1-4H3,(H,34,41)(H,35,42)(H,36,40)/t25-,26-,27-,33+/m0/s1. The van der Waals surface area contributed by atoms with Gasteiger partial charge in [-0.15, -0.1) is 0 Å². The highest BCUT2D eigenvalue weighted by atomic mass is 16.6. The summed E-state index contributed by atoms with van der Waals surface area (Å²) in [6.07, 6.45) is 2.26. The van der Waals surface area contributed by atoms with Gasteiger partial charge >= 0.3 is 0 Å². The predicted octanol–water partition coefficient (Wildman–Crippen LogP) is 2.41. The molecule has 3 amide bonds. The minimum atomic E-state index is -0.948. The van der Waals surface area contributed by atoms with Crippen molar-refractivity contribution < 1.29 is 33.2 Å². The number of benzene rings is 1. The van der Waals surface area contributed by atoms with Gasteiger partial charge in [0.15, 0.2) is 17.2 Å². The summed E-state index contributed by atoms with van der Waals surface area (Å²) in [6.45, 7) is 11.2. The summed E-state index contributed by atoms with van der Waals surface area (Å²) < 4.78 is 16.2. The van der Waals surface area contributed by atoms with Crippen molar-refractivity contribution in [2.75, 3.05) is 32.9 Å². The quantitative estimate of drug-likeness (QED) is 0.225. The topological polar surface area (TPSA) is 155 Å². The zero-order valence-corrected chi connectivity index (χ0v) is 26.8. The van der Waals surface area contributed by atoms with Crippen LogP contribution in [-0.2, 0) is 36.8 Å². The van der Waals surface area contributed by atoms with E-state index in [1.165, 1.54) is 0 Å². The first-order valence-corrected chi connectivity index (χ1v) is 16.0. The Kier molecular flexibility index (Phi) is 12.3. The van der Waals surface area contributed by atoms with E-state index >= 15 is 0 Å². The number of carbonyl (C=O) groups is 4. The molecular formula is C33H47N5O7. The Morgan fingerprint density at radius 1 is 0.956 bits per heavy atom. The van der Waals surface area contributed by atoms with Gasteiger partial charge in [-0.1, -0.05) is 62.7 Å². The lowest BCUT2D eigenvalue weighted by Gasteiger charge is -2.26. The van der Waals surface area contributed by atoms with Crippen LogP contribution in [0, 0.1) is 5.92 Å². The smallest absolute Gasteiger partial charge is 0.274 e. The number of rotatable bonds is 17. The van der Waals surface area contributed by atoms with E-state index in [2.05, 4.69) is 26.0 Å². The molecule has 1 aromatic carbocycles. The first-order valence-electron chi connectivity index (χ1n) is 16.0. The van der Waals surface area contributed by atoms with Gasteiger partial charge in [0.2, 0.25) is 11.8 Å². The van der Waals surface area contributed by atoms with Gasteiger partial charge < -0.3 is 29.9 Å². The fourth-order valence-electron chi connectivity index (χ4n) is 5.35. The Balaban J connectivity index is 1.44. The van der Waals surface area contributed by atoms with Crippen molar-refractivity contribution in [2.45, 2.75) is 90.1 Å². The summed E-state index contributed by atoms with van der Waals surface area (Å²) in [4.78, 5) is 55.7. The van der Waals surface area contributed by atoms with Crippen LogP contribution in [0.15, 0.2) is 40.9 Å². The molecule has 45 heavy (non-hydrogen) atoms. The first kappa shape index (κ1) is 34.3. The van der Waals surface area contributed by atoms with Crippen molar-refractivity contribution in [3.63, 3.8) is 0 Å². The molecule has 4 rings (SSSR count). The fraction of sp³-hybridized carbons (Fsp3) is 0.606. The Hall–Kier alpha value is -3.61. The summed E-state index contributed by atoms with van der Waals surface area (Å²) in [7, 11) is 0. The van der Waals surface area contributed by atoms with E-state index in [9.17, 15) is 19.2 Å². The summed E-state index contributed by atoms with van der Waals surface area (Å²) >= 11 is 0. The third kappa shape index (κ3) is 10.2. The molecule has 0 spiro atoms. The molecule has 246 valence electrons. The van der Waals surface area contributed by atoms with Crippen molar-refractivity contribution >= 4 is 23.5 Å². The Morgan fingerprint density at radius 3 is 2.22 bits per heavy atom. The molecule has 1 aromatic heterocycles. The van der Waals surface area contributed by atoms with Crippen molar-refractivity contribution in [1.82, 2.24) is 26.0 Å². The van der Waals surface area contributed by atoms with Crippen molar-refractivity contribution in [3.8, 4) is 0 Å². The Morgan fingerprint density at radius 2 is 1.60 bits per heavy atom. The van der Waals surface area contributed by atoms with Crippen LogP contribution >= 0.6 is 0 Å². The van der Waals surface area contributed by atoms with E-state index in [1.807, 2.05) is 51.1 Å². The molecule has 3 heterocycles. The number of nitrogens with zero attached hydrogens (tertiary/aromatic N) is 2. The summed E-state index contributed by atoms with van der Waals surface area (Å²) in [6, 6.07) is 8.67. The number of morpholine rings is 1. The lowest BCUT2D eigenvalue weighted by Crippen LogP contribution is -2.56. The van der Waals surface area contributed by atoms with E-state index < -0.39 is 41.4 Å². The monoisotopic (exact) mass is 625 g/mol. The van der Waals surface area contributed by atoms with E-state index in [0.29, 0.717) is 64.2 Å². The average molecular weight is 626 g/mol. The molecule has 4 atom stereocenters. The molecule has 2 fully saturated rings. The lowest BCUT2D eigenvalue weighted by atomic mass is 9.93. The lowest BCUT2D eigenvalue weighted by molar-refractivity contribution is -0.133.